The van der Waals surface area contributed by atoms with Crippen molar-refractivity contribution in [1.82, 2.24) is 0 Å². The van der Waals surface area contributed by atoms with Gasteiger partial charge in [0, 0.05) is 13.0 Å². The van der Waals surface area contributed by atoms with Crippen LogP contribution in [0.1, 0.15) is 118 Å². The summed E-state index contributed by atoms with van der Waals surface area (Å²) in [5.74, 6) is 2.63. The van der Waals surface area contributed by atoms with E-state index in [2.05, 4.69) is 32.6 Å². The molecule has 0 spiro atoms. The Bertz CT molecular complexity index is 806. The van der Waals surface area contributed by atoms with Gasteiger partial charge < -0.3 is 20.4 Å². The molecule has 3 aliphatic carbocycles. The van der Waals surface area contributed by atoms with E-state index < -0.39 is 17.8 Å². The number of fused-ring (bicyclic) bond motifs is 1. The van der Waals surface area contributed by atoms with Crippen LogP contribution < -0.4 is 0 Å². The Morgan fingerprint density at radius 2 is 1.78 bits per heavy atom. The molecular weight excluding hydrogens is 460 g/mol. The highest BCUT2D eigenvalue weighted by Gasteiger charge is 2.54. The summed E-state index contributed by atoms with van der Waals surface area (Å²) in [4.78, 5) is 0. The van der Waals surface area contributed by atoms with Crippen molar-refractivity contribution in [2.24, 2.45) is 29.1 Å². The van der Waals surface area contributed by atoms with Gasteiger partial charge >= 0.3 is 0 Å². The summed E-state index contributed by atoms with van der Waals surface area (Å²) in [6, 6.07) is 0. The second kappa shape index (κ2) is 13.4. The molecule has 4 nitrogen and oxygen atoms in total. The molecule has 0 heterocycles. The van der Waals surface area contributed by atoms with Crippen LogP contribution >= 0.6 is 0 Å². The van der Waals surface area contributed by atoms with Gasteiger partial charge in [-0.2, -0.15) is 0 Å². The summed E-state index contributed by atoms with van der Waals surface area (Å²) in [6.07, 6.45) is 18.2. The molecule has 3 aliphatic rings. The number of rotatable bonds is 12. The lowest BCUT2D eigenvalue weighted by Crippen LogP contribution is -2.43. The normalized spacial score (nSPS) is 35.8. The predicted octanol–water partition coefficient (Wildman–Crippen LogP) is 6.87. The molecular formula is C33H56O4. The van der Waals surface area contributed by atoms with Crippen molar-refractivity contribution in [2.45, 2.75) is 135 Å². The maximum absolute atomic E-state index is 10.3. The molecule has 4 N–H and O–H groups in total. The third kappa shape index (κ3) is 7.81. The fourth-order valence-electron chi connectivity index (χ4n) is 8.16. The van der Waals surface area contributed by atoms with E-state index in [1.54, 1.807) is 5.57 Å². The van der Waals surface area contributed by atoms with Crippen LogP contribution in [0.3, 0.4) is 0 Å². The number of aliphatic hydroxyl groups is 4. The highest BCUT2D eigenvalue weighted by Crippen LogP contribution is 2.63. The van der Waals surface area contributed by atoms with Crippen molar-refractivity contribution in [3.63, 3.8) is 0 Å². The third-order valence-corrected chi connectivity index (χ3v) is 10.3. The zero-order valence-electron chi connectivity index (χ0n) is 24.2. The Balaban J connectivity index is 1.74. The van der Waals surface area contributed by atoms with Gasteiger partial charge in [0.15, 0.2) is 0 Å². The number of hydrogen-bond acceptors (Lipinski definition) is 4. The number of aliphatic hydroxyl groups excluding tert-OH is 3. The van der Waals surface area contributed by atoms with Crippen LogP contribution in [0.2, 0.25) is 0 Å². The molecule has 0 aromatic carbocycles. The van der Waals surface area contributed by atoms with Gasteiger partial charge in [-0.3, -0.25) is 0 Å². The molecule has 7 atom stereocenters. The molecule has 0 aliphatic heterocycles. The van der Waals surface area contributed by atoms with E-state index in [9.17, 15) is 20.4 Å². The molecule has 0 unspecified atom stereocenters. The number of hydrogen-bond donors (Lipinski definition) is 4. The Morgan fingerprint density at radius 3 is 2.49 bits per heavy atom. The van der Waals surface area contributed by atoms with Crippen LogP contribution in [-0.4, -0.2) is 44.8 Å². The molecule has 212 valence electrons. The highest BCUT2D eigenvalue weighted by molar-refractivity contribution is 5.38. The van der Waals surface area contributed by atoms with Gasteiger partial charge in [0.05, 0.1) is 17.8 Å². The minimum absolute atomic E-state index is 0.283. The molecule has 37 heavy (non-hydrogen) atoms. The standard InChI is InChI=1S/C33H56O4/c1-23(11-10-20-34)29-17-18-30-25(13-14-26-21-28(35)22-31(36)24(26)2)15-16-27(33(29,30)5)12-8-6-7-9-19-32(3,4)37/h13-14,23,27-31,34-37H,2,6-12,15-22H2,1,3-5H3/b25-13+,26-14-/t23-,27-,28-,29-,30+,31+,33-/m1/s1. The summed E-state index contributed by atoms with van der Waals surface area (Å²) in [7, 11) is 0. The van der Waals surface area contributed by atoms with Crippen LogP contribution in [0.25, 0.3) is 0 Å². The summed E-state index contributed by atoms with van der Waals surface area (Å²) in [6.45, 7) is 13.2. The van der Waals surface area contributed by atoms with Crippen LogP contribution in [0.5, 0.6) is 0 Å². The van der Waals surface area contributed by atoms with E-state index in [0.29, 0.717) is 30.6 Å². The SMILES string of the molecule is C=C1/C(=C\C=C2/CC[C@@H](CCCCCCC(C)(C)O)[C@]3(C)[C@@H]([C@H](C)CCCO)CC[C@@H]23)C[C@@H](O)C[C@@H]1O. The lowest BCUT2D eigenvalue weighted by Gasteiger charge is -2.50. The molecule has 0 aromatic heterocycles. The largest absolute Gasteiger partial charge is 0.396 e. The van der Waals surface area contributed by atoms with E-state index in [1.807, 2.05) is 13.8 Å². The van der Waals surface area contributed by atoms with E-state index in [1.165, 1.54) is 44.9 Å². The Kier molecular flexibility index (Phi) is 11.1. The number of unbranched alkanes of at least 4 members (excludes halogenated alkanes) is 3. The van der Waals surface area contributed by atoms with E-state index in [-0.39, 0.29) is 12.0 Å². The molecule has 3 saturated carbocycles. The summed E-state index contributed by atoms with van der Waals surface area (Å²) in [5, 5.41) is 39.9. The second-order valence-electron chi connectivity index (χ2n) is 13.5. The number of allylic oxidation sites excluding steroid dienone is 3. The zero-order chi connectivity index (χ0) is 27.2. The fraction of sp³-hybridized carbons (Fsp3) is 0.818. The lowest BCUT2D eigenvalue weighted by atomic mass is 9.54. The van der Waals surface area contributed by atoms with Gasteiger partial charge in [0.2, 0.25) is 0 Å². The fourth-order valence-corrected chi connectivity index (χ4v) is 8.16. The van der Waals surface area contributed by atoms with Crippen molar-refractivity contribution >= 4 is 0 Å². The van der Waals surface area contributed by atoms with Crippen LogP contribution in [0.4, 0.5) is 0 Å². The lowest BCUT2D eigenvalue weighted by molar-refractivity contribution is 0.0196. The summed E-state index contributed by atoms with van der Waals surface area (Å²) < 4.78 is 0. The van der Waals surface area contributed by atoms with Crippen molar-refractivity contribution < 1.29 is 20.4 Å². The molecule has 3 fully saturated rings. The monoisotopic (exact) mass is 516 g/mol. The van der Waals surface area contributed by atoms with Gasteiger partial charge in [0.25, 0.3) is 0 Å². The molecule has 3 rings (SSSR count). The van der Waals surface area contributed by atoms with E-state index in [4.69, 9.17) is 0 Å². The first-order valence-electron chi connectivity index (χ1n) is 15.3. The molecule has 0 aromatic rings. The molecule has 0 amide bonds. The van der Waals surface area contributed by atoms with Gasteiger partial charge in [-0.1, -0.05) is 63.8 Å². The van der Waals surface area contributed by atoms with Gasteiger partial charge in [0.1, 0.15) is 0 Å². The van der Waals surface area contributed by atoms with Crippen LogP contribution in [0.15, 0.2) is 35.5 Å². The predicted molar refractivity (Wildman–Crippen MR) is 153 cm³/mol. The van der Waals surface area contributed by atoms with Gasteiger partial charge in [-0.05, 0) is 112 Å². The molecule has 0 radical (unpaired) electrons. The van der Waals surface area contributed by atoms with E-state index >= 15 is 0 Å². The van der Waals surface area contributed by atoms with E-state index in [0.717, 1.165) is 49.2 Å². The van der Waals surface area contributed by atoms with Crippen molar-refractivity contribution in [3.8, 4) is 0 Å². The third-order valence-electron chi connectivity index (χ3n) is 10.3. The van der Waals surface area contributed by atoms with Crippen LogP contribution in [-0.2, 0) is 0 Å². The Hall–Kier alpha value is -0.940. The average molecular weight is 517 g/mol. The molecule has 0 bridgehead atoms. The smallest absolute Gasteiger partial charge is 0.0811 e. The van der Waals surface area contributed by atoms with Gasteiger partial charge in [-0.25, -0.2) is 0 Å². The minimum atomic E-state index is -0.638. The van der Waals surface area contributed by atoms with Crippen molar-refractivity contribution in [1.29, 1.82) is 0 Å². The first kappa shape index (κ1) is 30.6. The topological polar surface area (TPSA) is 80.9 Å². The second-order valence-corrected chi connectivity index (χ2v) is 13.5. The molecule has 4 heteroatoms. The van der Waals surface area contributed by atoms with Gasteiger partial charge in [-0.15, -0.1) is 0 Å². The summed E-state index contributed by atoms with van der Waals surface area (Å²) in [5.41, 5.74) is 3.05. The summed E-state index contributed by atoms with van der Waals surface area (Å²) >= 11 is 0. The maximum atomic E-state index is 10.3. The minimum Gasteiger partial charge on any atom is -0.396 e. The quantitative estimate of drug-likeness (QED) is 0.213. The van der Waals surface area contributed by atoms with Crippen LogP contribution in [0, 0.1) is 29.1 Å². The highest BCUT2D eigenvalue weighted by atomic mass is 16.3. The van der Waals surface area contributed by atoms with Crippen molar-refractivity contribution in [3.05, 3.63) is 35.5 Å². The Morgan fingerprint density at radius 1 is 1.05 bits per heavy atom. The van der Waals surface area contributed by atoms with Crippen molar-refractivity contribution in [2.75, 3.05) is 6.61 Å². The first-order chi connectivity index (χ1) is 17.5. The molecule has 0 saturated heterocycles. The maximum Gasteiger partial charge on any atom is 0.0811 e. The Labute approximate surface area is 227 Å². The first-order valence-corrected chi connectivity index (χ1v) is 15.3. The average Bonchev–Trinajstić information content (AvgIpc) is 3.19. The zero-order valence-corrected chi connectivity index (χ0v) is 24.2.